The van der Waals surface area contributed by atoms with Crippen molar-refractivity contribution in [3.05, 3.63) is 35.4 Å². The molecule has 1 aromatic carbocycles. The van der Waals surface area contributed by atoms with E-state index in [2.05, 4.69) is 11.4 Å². The van der Waals surface area contributed by atoms with Gasteiger partial charge < -0.3 is 10.1 Å². The van der Waals surface area contributed by atoms with Crippen LogP contribution in [0.1, 0.15) is 57.6 Å². The average molecular weight is 371 g/mol. The summed E-state index contributed by atoms with van der Waals surface area (Å²) in [7, 11) is 1.58. The third-order valence-corrected chi connectivity index (χ3v) is 4.72. The molecule has 0 aliphatic heterocycles. The molecule has 1 aliphatic carbocycles. The lowest BCUT2D eigenvalue weighted by molar-refractivity contribution is -0.126. The van der Waals surface area contributed by atoms with Gasteiger partial charge >= 0.3 is 6.09 Å². The summed E-state index contributed by atoms with van der Waals surface area (Å²) in [4.78, 5) is 27.3. The van der Waals surface area contributed by atoms with Gasteiger partial charge in [-0.1, -0.05) is 25.0 Å². The first kappa shape index (κ1) is 20.8. The fourth-order valence-electron chi connectivity index (χ4n) is 3.45. The number of nitrogens with zero attached hydrogens (tertiary/aromatic N) is 2. The smallest absolute Gasteiger partial charge is 0.411 e. The number of nitrogens with one attached hydrogen (secondary N) is 1. The van der Waals surface area contributed by atoms with Gasteiger partial charge in [-0.05, 0) is 51.3 Å². The summed E-state index contributed by atoms with van der Waals surface area (Å²) in [6.07, 6.45) is 3.76. The molecular formula is C21H29N3O3. The molecule has 0 unspecified atom stereocenters. The Balaban J connectivity index is 2.32. The van der Waals surface area contributed by atoms with Gasteiger partial charge in [0.15, 0.2) is 0 Å². The molecule has 0 spiro atoms. The van der Waals surface area contributed by atoms with Crippen LogP contribution in [0.5, 0.6) is 0 Å². The van der Waals surface area contributed by atoms with E-state index in [1.54, 1.807) is 24.1 Å². The largest absolute Gasteiger partial charge is 0.444 e. The van der Waals surface area contributed by atoms with Crippen LogP contribution in [0.2, 0.25) is 0 Å². The topological polar surface area (TPSA) is 82.4 Å². The monoisotopic (exact) mass is 371 g/mol. The zero-order valence-electron chi connectivity index (χ0n) is 16.6. The third-order valence-electron chi connectivity index (χ3n) is 4.72. The first-order chi connectivity index (χ1) is 12.7. The van der Waals surface area contributed by atoms with Crippen LogP contribution in [0.15, 0.2) is 24.3 Å². The molecule has 1 aliphatic rings. The quantitative estimate of drug-likeness (QED) is 0.860. The molecule has 1 N–H and O–H groups in total. The van der Waals surface area contributed by atoms with Gasteiger partial charge in [0.05, 0.1) is 11.6 Å². The highest BCUT2D eigenvalue weighted by atomic mass is 16.6. The van der Waals surface area contributed by atoms with Crippen molar-refractivity contribution in [2.24, 2.45) is 0 Å². The molecule has 1 saturated carbocycles. The number of carbonyl (C=O) groups excluding carboxylic acids is 2. The Labute approximate surface area is 161 Å². The number of likely N-dealkylation sites (N-methyl/N-ethyl adjacent to an activating group) is 1. The minimum atomic E-state index is -0.652. The predicted molar refractivity (Wildman–Crippen MR) is 103 cm³/mol. The second-order valence-corrected chi connectivity index (χ2v) is 7.97. The summed E-state index contributed by atoms with van der Waals surface area (Å²) in [6.45, 7) is 5.48. The molecule has 1 fully saturated rings. The lowest BCUT2D eigenvalue weighted by atomic mass is 10.0. The molecule has 146 valence electrons. The second kappa shape index (κ2) is 8.90. The summed E-state index contributed by atoms with van der Waals surface area (Å²) < 4.78 is 5.63. The van der Waals surface area contributed by atoms with E-state index in [1.807, 2.05) is 32.9 Å². The lowest BCUT2D eigenvalue weighted by Crippen LogP contribution is -2.55. The van der Waals surface area contributed by atoms with Gasteiger partial charge in [-0.3, -0.25) is 9.69 Å². The van der Waals surface area contributed by atoms with E-state index in [9.17, 15) is 9.59 Å². The fourth-order valence-corrected chi connectivity index (χ4v) is 3.45. The maximum absolute atomic E-state index is 13.0. The molecule has 1 aromatic rings. The Morgan fingerprint density at radius 2 is 1.85 bits per heavy atom. The summed E-state index contributed by atoms with van der Waals surface area (Å²) in [5.41, 5.74) is 0.833. The first-order valence-corrected chi connectivity index (χ1v) is 9.47. The summed E-state index contributed by atoms with van der Waals surface area (Å²) in [5, 5.41) is 11.7. The van der Waals surface area contributed by atoms with Gasteiger partial charge in [-0.2, -0.15) is 5.26 Å². The number of benzene rings is 1. The molecule has 6 heteroatoms. The van der Waals surface area contributed by atoms with Gasteiger partial charge in [0.2, 0.25) is 5.91 Å². The van der Waals surface area contributed by atoms with Crippen LogP contribution >= 0.6 is 0 Å². The molecular weight excluding hydrogens is 342 g/mol. The van der Waals surface area contributed by atoms with Crippen LogP contribution in [0.3, 0.4) is 0 Å². The highest BCUT2D eigenvalue weighted by molar-refractivity contribution is 5.86. The van der Waals surface area contributed by atoms with Gasteiger partial charge in [0.1, 0.15) is 11.6 Å². The van der Waals surface area contributed by atoms with Crippen LogP contribution in [-0.2, 0) is 16.0 Å². The van der Waals surface area contributed by atoms with Crippen molar-refractivity contribution >= 4 is 12.0 Å². The van der Waals surface area contributed by atoms with Crippen molar-refractivity contribution in [2.75, 3.05) is 7.05 Å². The van der Waals surface area contributed by atoms with Crippen molar-refractivity contribution in [2.45, 2.75) is 70.6 Å². The number of hydrogen-bond donors (Lipinski definition) is 1. The molecule has 27 heavy (non-hydrogen) atoms. The van der Waals surface area contributed by atoms with Gasteiger partial charge in [0, 0.05) is 19.5 Å². The number of amides is 2. The van der Waals surface area contributed by atoms with Crippen LogP contribution < -0.4 is 5.32 Å². The Bertz CT molecular complexity index is 695. The van der Waals surface area contributed by atoms with E-state index in [0.29, 0.717) is 12.0 Å². The predicted octanol–water partition coefficient (Wildman–Crippen LogP) is 3.40. The molecule has 0 aromatic heterocycles. The zero-order valence-corrected chi connectivity index (χ0v) is 16.6. The normalized spacial score (nSPS) is 15.7. The third kappa shape index (κ3) is 5.72. The Morgan fingerprint density at radius 1 is 1.26 bits per heavy atom. The molecule has 0 radical (unpaired) electrons. The van der Waals surface area contributed by atoms with Crippen molar-refractivity contribution in [1.82, 2.24) is 10.2 Å². The maximum atomic E-state index is 13.0. The molecule has 6 nitrogen and oxygen atoms in total. The standard InChI is InChI=1S/C21H29N3O3/c1-21(2,3)27-20(26)24(17-7-5-6-8-17)18(19(25)23-4)13-15-9-11-16(14-22)12-10-15/h9-12,17-18H,5-8,13H2,1-4H3,(H,23,25)/t18-/m0/s1. The number of ether oxygens (including phenoxy) is 1. The molecule has 0 saturated heterocycles. The van der Waals surface area contributed by atoms with Crippen molar-refractivity contribution in [3.63, 3.8) is 0 Å². The van der Waals surface area contributed by atoms with Crippen LogP contribution in [0.4, 0.5) is 4.79 Å². The first-order valence-electron chi connectivity index (χ1n) is 9.47. The molecule has 0 heterocycles. The van der Waals surface area contributed by atoms with E-state index in [1.165, 1.54) is 0 Å². The summed E-state index contributed by atoms with van der Waals surface area (Å²) in [5.74, 6) is -0.211. The Kier molecular flexibility index (Phi) is 6.84. The Morgan fingerprint density at radius 3 is 2.33 bits per heavy atom. The van der Waals surface area contributed by atoms with Crippen molar-refractivity contribution in [1.29, 1.82) is 5.26 Å². The number of nitriles is 1. The molecule has 2 amide bonds. The number of rotatable bonds is 5. The lowest BCUT2D eigenvalue weighted by Gasteiger charge is -2.36. The van der Waals surface area contributed by atoms with Crippen molar-refractivity contribution < 1.29 is 14.3 Å². The second-order valence-electron chi connectivity index (χ2n) is 7.97. The summed E-state index contributed by atoms with van der Waals surface area (Å²) >= 11 is 0. The van der Waals surface area contributed by atoms with E-state index >= 15 is 0 Å². The van der Waals surface area contributed by atoms with Crippen molar-refractivity contribution in [3.8, 4) is 6.07 Å². The minimum Gasteiger partial charge on any atom is -0.444 e. The van der Waals surface area contributed by atoms with E-state index in [4.69, 9.17) is 10.00 Å². The molecule has 1 atom stereocenters. The molecule has 2 rings (SSSR count). The summed E-state index contributed by atoms with van der Waals surface area (Å²) in [6, 6.07) is 8.55. The highest BCUT2D eigenvalue weighted by Gasteiger charge is 2.38. The number of hydrogen-bond acceptors (Lipinski definition) is 4. The van der Waals surface area contributed by atoms with E-state index < -0.39 is 17.7 Å². The van der Waals surface area contributed by atoms with Crippen LogP contribution in [0, 0.1) is 11.3 Å². The zero-order chi connectivity index (χ0) is 20.0. The molecule has 0 bridgehead atoms. The van der Waals surface area contributed by atoms with Crippen LogP contribution in [0.25, 0.3) is 0 Å². The highest BCUT2D eigenvalue weighted by Crippen LogP contribution is 2.28. The average Bonchev–Trinajstić information content (AvgIpc) is 3.13. The van der Waals surface area contributed by atoms with Gasteiger partial charge in [-0.15, -0.1) is 0 Å². The SMILES string of the molecule is CNC(=O)[C@H](Cc1ccc(C#N)cc1)N(C(=O)OC(C)(C)C)C1CCCC1. The fraction of sp³-hybridized carbons (Fsp3) is 0.571. The van der Waals surface area contributed by atoms with Gasteiger partial charge in [0.25, 0.3) is 0 Å². The van der Waals surface area contributed by atoms with E-state index in [-0.39, 0.29) is 11.9 Å². The number of carbonyl (C=O) groups is 2. The van der Waals surface area contributed by atoms with Gasteiger partial charge in [-0.25, -0.2) is 4.79 Å². The van der Waals surface area contributed by atoms with E-state index in [0.717, 1.165) is 31.2 Å². The maximum Gasteiger partial charge on any atom is 0.411 e. The van der Waals surface area contributed by atoms with Crippen LogP contribution in [-0.4, -0.2) is 41.6 Å². The Hall–Kier alpha value is -2.55. The minimum absolute atomic E-state index is 0.000492.